The van der Waals surface area contributed by atoms with Crippen molar-refractivity contribution in [2.24, 2.45) is 0 Å². The summed E-state index contributed by atoms with van der Waals surface area (Å²) in [6.45, 7) is 2.10. The Morgan fingerprint density at radius 2 is 2.18 bits per heavy atom. The molecular weight excluding hydrogens is 216 g/mol. The molecule has 4 nitrogen and oxygen atoms in total. The molecule has 1 aliphatic heterocycles. The van der Waals surface area contributed by atoms with Crippen molar-refractivity contribution < 1.29 is 9.15 Å². The van der Waals surface area contributed by atoms with E-state index in [9.17, 15) is 0 Å². The van der Waals surface area contributed by atoms with Crippen LogP contribution in [-0.4, -0.2) is 25.2 Å². The van der Waals surface area contributed by atoms with Gasteiger partial charge in [0.15, 0.2) is 11.5 Å². The van der Waals surface area contributed by atoms with Gasteiger partial charge in [-0.15, -0.1) is 0 Å². The molecule has 0 atom stereocenters. The van der Waals surface area contributed by atoms with Crippen molar-refractivity contribution in [2.45, 2.75) is 18.8 Å². The van der Waals surface area contributed by atoms with Gasteiger partial charge in [0.2, 0.25) is 0 Å². The van der Waals surface area contributed by atoms with E-state index < -0.39 is 0 Å². The summed E-state index contributed by atoms with van der Waals surface area (Å²) in [4.78, 5) is 4.57. The number of hydrogen-bond donors (Lipinski definition) is 1. The number of oxazole rings is 1. The van der Waals surface area contributed by atoms with Crippen LogP contribution in [0, 0.1) is 0 Å². The topological polar surface area (TPSA) is 47.3 Å². The van der Waals surface area contributed by atoms with Crippen LogP contribution in [0.4, 0.5) is 0 Å². The first-order valence-corrected chi connectivity index (χ1v) is 6.02. The standard InChI is InChI=1S/C13H16N2O2/c1-16-10-2-3-12-11(8-10)15-13(17-12)9-4-6-14-7-5-9/h2-3,8-9,14H,4-7H2,1H3. The molecule has 17 heavy (non-hydrogen) atoms. The Labute approximate surface area is 100.0 Å². The number of nitrogens with one attached hydrogen (secondary N) is 1. The van der Waals surface area contributed by atoms with Gasteiger partial charge in [0.25, 0.3) is 0 Å². The fourth-order valence-electron chi connectivity index (χ4n) is 2.30. The highest BCUT2D eigenvalue weighted by atomic mass is 16.5. The molecule has 1 fully saturated rings. The molecule has 3 rings (SSSR count). The average molecular weight is 232 g/mol. The van der Waals surface area contributed by atoms with Crippen LogP contribution in [0.3, 0.4) is 0 Å². The largest absolute Gasteiger partial charge is 0.497 e. The summed E-state index contributed by atoms with van der Waals surface area (Å²) >= 11 is 0. The van der Waals surface area contributed by atoms with E-state index in [-0.39, 0.29) is 0 Å². The van der Waals surface area contributed by atoms with E-state index in [0.717, 1.165) is 48.7 Å². The highest BCUT2D eigenvalue weighted by Crippen LogP contribution is 2.29. The molecule has 0 unspecified atom stereocenters. The fraction of sp³-hybridized carbons (Fsp3) is 0.462. The van der Waals surface area contributed by atoms with Gasteiger partial charge in [-0.05, 0) is 38.1 Å². The van der Waals surface area contributed by atoms with Gasteiger partial charge in [0.1, 0.15) is 11.3 Å². The van der Waals surface area contributed by atoms with E-state index in [1.54, 1.807) is 7.11 Å². The molecular formula is C13H16N2O2. The first kappa shape index (κ1) is 10.6. The number of ether oxygens (including phenoxy) is 1. The third-order valence-electron chi connectivity index (χ3n) is 3.30. The van der Waals surface area contributed by atoms with Crippen LogP contribution in [0.5, 0.6) is 5.75 Å². The number of piperidine rings is 1. The lowest BCUT2D eigenvalue weighted by Crippen LogP contribution is -2.26. The molecule has 1 N–H and O–H groups in total. The molecule has 1 aliphatic rings. The minimum Gasteiger partial charge on any atom is -0.497 e. The second kappa shape index (κ2) is 4.37. The van der Waals surface area contributed by atoms with Gasteiger partial charge in [-0.2, -0.15) is 0 Å². The van der Waals surface area contributed by atoms with E-state index in [1.807, 2.05) is 18.2 Å². The molecule has 0 spiro atoms. The van der Waals surface area contributed by atoms with E-state index >= 15 is 0 Å². The average Bonchev–Trinajstić information content (AvgIpc) is 2.82. The number of methoxy groups -OCH3 is 1. The molecule has 1 saturated heterocycles. The van der Waals surface area contributed by atoms with E-state index in [1.165, 1.54) is 0 Å². The molecule has 0 radical (unpaired) electrons. The summed E-state index contributed by atoms with van der Waals surface area (Å²) in [5.74, 6) is 2.15. The van der Waals surface area contributed by atoms with Gasteiger partial charge in [0.05, 0.1) is 7.11 Å². The summed E-state index contributed by atoms with van der Waals surface area (Å²) in [6, 6.07) is 5.74. The summed E-state index contributed by atoms with van der Waals surface area (Å²) in [5, 5.41) is 3.35. The number of hydrogen-bond acceptors (Lipinski definition) is 4. The molecule has 1 aromatic carbocycles. The van der Waals surface area contributed by atoms with Crippen molar-refractivity contribution in [1.82, 2.24) is 10.3 Å². The maximum absolute atomic E-state index is 5.81. The molecule has 0 saturated carbocycles. The van der Waals surface area contributed by atoms with Gasteiger partial charge in [-0.3, -0.25) is 0 Å². The zero-order valence-electron chi connectivity index (χ0n) is 9.90. The predicted molar refractivity (Wildman–Crippen MR) is 65.4 cm³/mol. The first-order chi connectivity index (χ1) is 8.36. The fourth-order valence-corrected chi connectivity index (χ4v) is 2.30. The minimum absolute atomic E-state index is 0.453. The molecule has 2 heterocycles. The molecule has 90 valence electrons. The number of rotatable bonds is 2. The van der Waals surface area contributed by atoms with Crippen LogP contribution >= 0.6 is 0 Å². The third-order valence-corrected chi connectivity index (χ3v) is 3.30. The van der Waals surface area contributed by atoms with Crippen LogP contribution < -0.4 is 10.1 Å². The van der Waals surface area contributed by atoms with E-state index in [4.69, 9.17) is 9.15 Å². The lowest BCUT2D eigenvalue weighted by atomic mass is 9.98. The molecule has 4 heteroatoms. The Morgan fingerprint density at radius 1 is 1.35 bits per heavy atom. The van der Waals surface area contributed by atoms with E-state index in [0.29, 0.717) is 5.92 Å². The summed E-state index contributed by atoms with van der Waals surface area (Å²) < 4.78 is 11.0. The van der Waals surface area contributed by atoms with Crippen LogP contribution in [0.1, 0.15) is 24.7 Å². The smallest absolute Gasteiger partial charge is 0.198 e. The summed E-state index contributed by atoms with van der Waals surface area (Å²) in [5.41, 5.74) is 1.73. The Hall–Kier alpha value is -1.55. The minimum atomic E-state index is 0.453. The van der Waals surface area contributed by atoms with Crippen molar-refractivity contribution in [3.63, 3.8) is 0 Å². The summed E-state index contributed by atoms with van der Waals surface area (Å²) in [6.07, 6.45) is 2.20. The number of aromatic nitrogens is 1. The van der Waals surface area contributed by atoms with E-state index in [2.05, 4.69) is 10.3 Å². The third kappa shape index (κ3) is 2.00. The number of fused-ring (bicyclic) bond motifs is 1. The van der Waals surface area contributed by atoms with Crippen molar-refractivity contribution >= 4 is 11.1 Å². The zero-order valence-corrected chi connectivity index (χ0v) is 9.90. The highest BCUT2D eigenvalue weighted by molar-refractivity contribution is 5.74. The Bertz CT molecular complexity index is 515. The van der Waals surface area contributed by atoms with Crippen molar-refractivity contribution in [2.75, 3.05) is 20.2 Å². The highest BCUT2D eigenvalue weighted by Gasteiger charge is 2.20. The second-order valence-corrected chi connectivity index (χ2v) is 4.41. The van der Waals surface area contributed by atoms with Crippen molar-refractivity contribution in [3.8, 4) is 5.75 Å². The number of nitrogens with zero attached hydrogens (tertiary/aromatic N) is 1. The Morgan fingerprint density at radius 3 is 2.94 bits per heavy atom. The van der Waals surface area contributed by atoms with Gasteiger partial charge in [-0.25, -0.2) is 4.98 Å². The molecule has 1 aromatic heterocycles. The van der Waals surface area contributed by atoms with Crippen molar-refractivity contribution in [1.29, 1.82) is 0 Å². The van der Waals surface area contributed by atoms with Gasteiger partial charge in [-0.1, -0.05) is 0 Å². The molecule has 2 aromatic rings. The lowest BCUT2D eigenvalue weighted by Gasteiger charge is -2.19. The zero-order chi connectivity index (χ0) is 11.7. The van der Waals surface area contributed by atoms with Crippen LogP contribution in [-0.2, 0) is 0 Å². The maximum atomic E-state index is 5.81. The van der Waals surface area contributed by atoms with Crippen LogP contribution in [0.15, 0.2) is 22.6 Å². The first-order valence-electron chi connectivity index (χ1n) is 6.02. The molecule has 0 bridgehead atoms. The van der Waals surface area contributed by atoms with Crippen LogP contribution in [0.25, 0.3) is 11.1 Å². The second-order valence-electron chi connectivity index (χ2n) is 4.41. The quantitative estimate of drug-likeness (QED) is 0.863. The SMILES string of the molecule is COc1ccc2oc(C3CCNCC3)nc2c1. The molecule has 0 amide bonds. The van der Waals surface area contributed by atoms with Gasteiger partial charge >= 0.3 is 0 Å². The van der Waals surface area contributed by atoms with Gasteiger partial charge in [0, 0.05) is 12.0 Å². The summed E-state index contributed by atoms with van der Waals surface area (Å²) in [7, 11) is 1.66. The number of benzene rings is 1. The normalized spacial score (nSPS) is 17.5. The maximum Gasteiger partial charge on any atom is 0.198 e. The van der Waals surface area contributed by atoms with Crippen molar-refractivity contribution in [3.05, 3.63) is 24.1 Å². The Balaban J connectivity index is 1.95. The van der Waals surface area contributed by atoms with Crippen LogP contribution in [0.2, 0.25) is 0 Å². The molecule has 0 aliphatic carbocycles. The lowest BCUT2D eigenvalue weighted by molar-refractivity contribution is 0.385. The Kier molecular flexibility index (Phi) is 2.73. The van der Waals surface area contributed by atoms with Gasteiger partial charge < -0.3 is 14.5 Å². The monoisotopic (exact) mass is 232 g/mol. The predicted octanol–water partition coefficient (Wildman–Crippen LogP) is 2.30.